The summed E-state index contributed by atoms with van der Waals surface area (Å²) in [7, 11) is -2.04. The van der Waals surface area contributed by atoms with Crippen molar-refractivity contribution >= 4 is 14.2 Å². The molecule has 0 bridgehead atoms. The summed E-state index contributed by atoms with van der Waals surface area (Å²) >= 11 is 0. The number of carbonyl (C=O) groups is 1. The van der Waals surface area contributed by atoms with Crippen molar-refractivity contribution in [1.82, 2.24) is 15.3 Å². The molecule has 2 rings (SSSR count). The molecule has 1 saturated heterocycles. The van der Waals surface area contributed by atoms with E-state index in [1.54, 1.807) is 18.5 Å². The Kier molecular flexibility index (Phi) is 3.50. The van der Waals surface area contributed by atoms with Crippen LogP contribution in [-0.4, -0.2) is 29.8 Å². The largest absolute Gasteiger partial charge is 0.401 e. The molecule has 2 atom stereocenters. The van der Waals surface area contributed by atoms with Gasteiger partial charge < -0.3 is 9.74 Å². The number of hydrogen-bond acceptors (Lipinski definition) is 4. The Labute approximate surface area is 121 Å². The van der Waals surface area contributed by atoms with Gasteiger partial charge in [0, 0.05) is 12.4 Å². The molecular weight excluding hydrogens is 270 g/mol. The number of aromatic nitrogens is 2. The Hall–Kier alpha value is -1.27. The summed E-state index contributed by atoms with van der Waals surface area (Å²) in [6, 6.07) is 1.49. The average Bonchev–Trinajstić information content (AvgIpc) is 2.35. The first-order chi connectivity index (χ1) is 9.08. The van der Waals surface area contributed by atoms with Crippen molar-refractivity contribution in [3.05, 3.63) is 24.3 Å². The molecule has 0 spiro atoms. The maximum atomic E-state index is 12.1. The van der Waals surface area contributed by atoms with Gasteiger partial charge in [0.25, 0.3) is 5.91 Å². The summed E-state index contributed by atoms with van der Waals surface area (Å²) < 4.78 is 6.35. The zero-order chi connectivity index (χ0) is 15.2. The van der Waals surface area contributed by atoms with Crippen LogP contribution < -0.4 is 5.32 Å². The summed E-state index contributed by atoms with van der Waals surface area (Å²) in [5.41, 5.74) is -0.871. The van der Waals surface area contributed by atoms with Gasteiger partial charge >= 0.3 is 0 Å². The summed E-state index contributed by atoms with van der Waals surface area (Å²) in [4.78, 5) is 20.5. The molecule has 1 aliphatic heterocycles. The smallest absolute Gasteiger partial charge is 0.254 e. The Balaban J connectivity index is 2.27. The van der Waals surface area contributed by atoms with Gasteiger partial charge in [0.2, 0.25) is 0 Å². The van der Waals surface area contributed by atoms with E-state index in [0.29, 0.717) is 5.82 Å². The third-order valence-corrected chi connectivity index (χ3v) is 8.94. The van der Waals surface area contributed by atoms with Crippen LogP contribution in [0.5, 0.6) is 0 Å². The molecule has 1 aromatic heterocycles. The van der Waals surface area contributed by atoms with Crippen molar-refractivity contribution in [3.63, 3.8) is 0 Å². The Morgan fingerprint density at radius 1 is 1.30 bits per heavy atom. The van der Waals surface area contributed by atoms with Crippen LogP contribution >= 0.6 is 0 Å². The predicted molar refractivity (Wildman–Crippen MR) is 79.6 cm³/mol. The van der Waals surface area contributed by atoms with Gasteiger partial charge in [-0.05, 0) is 31.1 Å². The number of carbonyl (C=O) groups excluding carboxylic acids is 1. The Morgan fingerprint density at radius 3 is 2.30 bits per heavy atom. The van der Waals surface area contributed by atoms with E-state index in [9.17, 15) is 4.79 Å². The highest BCUT2D eigenvalue weighted by molar-refractivity contribution is 6.74. The molecule has 1 amide bonds. The number of nitrogens with one attached hydrogen (secondary N) is 1. The van der Waals surface area contributed by atoms with Gasteiger partial charge in [-0.15, -0.1) is 0 Å². The fourth-order valence-electron chi connectivity index (χ4n) is 2.02. The van der Waals surface area contributed by atoms with Crippen LogP contribution in [0.15, 0.2) is 18.5 Å². The van der Waals surface area contributed by atoms with Crippen LogP contribution in [0.1, 0.15) is 39.6 Å². The van der Waals surface area contributed by atoms with Crippen molar-refractivity contribution in [2.75, 3.05) is 0 Å². The number of nitrogens with zero attached hydrogens (tertiary/aromatic N) is 2. The lowest BCUT2D eigenvalue weighted by molar-refractivity contribution is -0.156. The number of rotatable bonds is 3. The van der Waals surface area contributed by atoms with Gasteiger partial charge in [0.1, 0.15) is 6.04 Å². The van der Waals surface area contributed by atoms with Gasteiger partial charge in [-0.3, -0.25) is 4.79 Å². The number of β-lactam (4-membered cyclic amide) rings is 1. The molecular formula is C14H23N3O2Si. The van der Waals surface area contributed by atoms with E-state index >= 15 is 0 Å². The first-order valence-corrected chi connectivity index (χ1v) is 9.77. The molecule has 1 aliphatic rings. The van der Waals surface area contributed by atoms with E-state index in [1.807, 2.05) is 6.92 Å². The van der Waals surface area contributed by atoms with Gasteiger partial charge in [0.15, 0.2) is 19.7 Å². The SMILES string of the molecule is CC(C)(C)[Si](C)(C)O[C@@]1(C)C(=O)N[C@H]1c1ncccn1. The molecule has 1 aromatic rings. The van der Waals surface area contributed by atoms with Crippen molar-refractivity contribution < 1.29 is 9.22 Å². The van der Waals surface area contributed by atoms with Crippen LogP contribution in [0.2, 0.25) is 18.1 Å². The molecule has 20 heavy (non-hydrogen) atoms. The minimum absolute atomic E-state index is 0.0496. The maximum absolute atomic E-state index is 12.1. The van der Waals surface area contributed by atoms with Crippen molar-refractivity contribution in [1.29, 1.82) is 0 Å². The third-order valence-electron chi connectivity index (χ3n) is 4.39. The second-order valence-electron chi connectivity index (χ2n) is 6.98. The quantitative estimate of drug-likeness (QED) is 0.686. The monoisotopic (exact) mass is 293 g/mol. The first-order valence-electron chi connectivity index (χ1n) is 6.86. The summed E-state index contributed by atoms with van der Waals surface area (Å²) in [6.45, 7) is 12.6. The van der Waals surface area contributed by atoms with E-state index in [-0.39, 0.29) is 17.0 Å². The van der Waals surface area contributed by atoms with Gasteiger partial charge in [-0.2, -0.15) is 0 Å². The minimum atomic E-state index is -2.04. The Bertz CT molecular complexity index is 513. The summed E-state index contributed by atoms with van der Waals surface area (Å²) in [5.74, 6) is 0.521. The van der Waals surface area contributed by atoms with Gasteiger partial charge in [-0.25, -0.2) is 9.97 Å². The normalized spacial score (nSPS) is 26.9. The van der Waals surface area contributed by atoms with Crippen LogP contribution in [-0.2, 0) is 9.22 Å². The van der Waals surface area contributed by atoms with E-state index in [4.69, 9.17) is 4.43 Å². The standard InChI is InChI=1S/C14H23N3O2Si/c1-13(2,3)20(5,6)19-14(4)10(17-12(14)18)11-15-8-7-9-16-11/h7-10H,1-6H3,(H,17,18)/t10-,14+/m0/s1. The fraction of sp³-hybridized carbons (Fsp3) is 0.643. The first kappa shape index (κ1) is 15.1. The van der Waals surface area contributed by atoms with Crippen molar-refractivity contribution in [2.45, 2.75) is 57.5 Å². The summed E-state index contributed by atoms with van der Waals surface area (Å²) in [6.07, 6.45) is 3.36. The lowest BCUT2D eigenvalue weighted by atomic mass is 9.86. The van der Waals surface area contributed by atoms with E-state index in [1.165, 1.54) is 0 Å². The van der Waals surface area contributed by atoms with Crippen molar-refractivity contribution in [3.8, 4) is 0 Å². The predicted octanol–water partition coefficient (Wildman–Crippen LogP) is 2.43. The van der Waals surface area contributed by atoms with Gasteiger partial charge in [0.05, 0.1) is 0 Å². The zero-order valence-electron chi connectivity index (χ0n) is 13.0. The molecule has 1 fully saturated rings. The minimum Gasteiger partial charge on any atom is -0.401 e. The van der Waals surface area contributed by atoms with E-state index in [0.717, 1.165) is 0 Å². The van der Waals surface area contributed by atoms with Crippen LogP contribution in [0.4, 0.5) is 0 Å². The maximum Gasteiger partial charge on any atom is 0.254 e. The lowest BCUT2D eigenvalue weighted by Gasteiger charge is -2.51. The zero-order valence-corrected chi connectivity index (χ0v) is 14.0. The van der Waals surface area contributed by atoms with Crippen LogP contribution in [0.25, 0.3) is 0 Å². The topological polar surface area (TPSA) is 64.1 Å². The lowest BCUT2D eigenvalue weighted by Crippen LogP contribution is -2.70. The highest BCUT2D eigenvalue weighted by atomic mass is 28.4. The van der Waals surface area contributed by atoms with Gasteiger partial charge in [-0.1, -0.05) is 20.8 Å². The third kappa shape index (κ3) is 2.38. The summed E-state index contributed by atoms with van der Waals surface area (Å²) in [5, 5.41) is 2.91. The molecule has 2 heterocycles. The van der Waals surface area contributed by atoms with Crippen LogP contribution in [0, 0.1) is 0 Å². The molecule has 0 saturated carbocycles. The van der Waals surface area contributed by atoms with E-state index < -0.39 is 13.9 Å². The fourth-order valence-corrected chi connectivity index (χ4v) is 3.60. The molecule has 5 nitrogen and oxygen atoms in total. The number of amides is 1. The average molecular weight is 293 g/mol. The highest BCUT2D eigenvalue weighted by Gasteiger charge is 2.58. The highest BCUT2D eigenvalue weighted by Crippen LogP contribution is 2.44. The Morgan fingerprint density at radius 2 is 1.85 bits per heavy atom. The van der Waals surface area contributed by atoms with E-state index in [2.05, 4.69) is 49.1 Å². The molecule has 0 aliphatic carbocycles. The molecule has 0 aromatic carbocycles. The number of hydrogen-bond donors (Lipinski definition) is 1. The molecule has 0 unspecified atom stereocenters. The molecule has 0 radical (unpaired) electrons. The molecule has 6 heteroatoms. The molecule has 1 N–H and O–H groups in total. The van der Waals surface area contributed by atoms with Crippen molar-refractivity contribution in [2.24, 2.45) is 0 Å². The molecule has 110 valence electrons. The second kappa shape index (κ2) is 4.63. The van der Waals surface area contributed by atoms with Crippen LogP contribution in [0.3, 0.4) is 0 Å². The second-order valence-corrected chi connectivity index (χ2v) is 11.7.